The van der Waals surface area contributed by atoms with Gasteiger partial charge in [-0.2, -0.15) is 15.0 Å². The topological polar surface area (TPSA) is 106 Å². The molecule has 3 rings (SSSR count). The lowest BCUT2D eigenvalue weighted by atomic mass is 10.3. The molecule has 0 aliphatic heterocycles. The molecule has 1 amide bonds. The van der Waals surface area contributed by atoms with Crippen molar-refractivity contribution in [2.75, 3.05) is 22.1 Å². The number of nitrogens with two attached hydrogens (primary N) is 1. The molecule has 1 heterocycles. The number of carbonyl (C=O) groups excluding carboxylic acids is 1. The average molecular weight is 416 g/mol. The fourth-order valence-corrected chi connectivity index (χ4v) is 3.08. The van der Waals surface area contributed by atoms with Gasteiger partial charge in [-0.05, 0) is 31.2 Å². The van der Waals surface area contributed by atoms with Gasteiger partial charge in [0.15, 0.2) is 0 Å². The first kappa shape index (κ1) is 20.5. The largest absolute Gasteiger partial charge is 0.368 e. The van der Waals surface area contributed by atoms with E-state index in [0.717, 1.165) is 11.8 Å². The first-order valence-electron chi connectivity index (χ1n) is 8.61. The van der Waals surface area contributed by atoms with Gasteiger partial charge < -0.3 is 16.4 Å². The molecule has 0 radical (unpaired) electrons. The Kier molecular flexibility index (Phi) is 6.55. The number of para-hydroxylation sites is 1. The molecule has 10 heteroatoms. The summed E-state index contributed by atoms with van der Waals surface area (Å²) >= 11 is 1.24. The van der Waals surface area contributed by atoms with Crippen molar-refractivity contribution in [3.63, 3.8) is 0 Å². The molecule has 1 atom stereocenters. The van der Waals surface area contributed by atoms with E-state index in [1.165, 1.54) is 17.8 Å². The van der Waals surface area contributed by atoms with Gasteiger partial charge in [0.1, 0.15) is 17.5 Å². The highest BCUT2D eigenvalue weighted by Gasteiger charge is 2.16. The highest BCUT2D eigenvalue weighted by Crippen LogP contribution is 2.27. The Bertz CT molecular complexity index is 1010. The fraction of sp³-hybridized carbons (Fsp3) is 0.158. The molecule has 0 aliphatic rings. The lowest BCUT2D eigenvalue weighted by molar-refractivity contribution is -0.113. The molecule has 0 fully saturated rings. The smallest absolute Gasteiger partial charge is 0.234 e. The van der Waals surface area contributed by atoms with Crippen LogP contribution in [0.4, 0.5) is 32.1 Å². The van der Waals surface area contributed by atoms with Gasteiger partial charge in [0.25, 0.3) is 0 Å². The molecule has 150 valence electrons. The predicted molar refractivity (Wildman–Crippen MR) is 110 cm³/mol. The van der Waals surface area contributed by atoms with E-state index in [4.69, 9.17) is 5.73 Å². The number of nitrogen functional groups attached to an aromatic ring is 1. The Balaban J connectivity index is 1.61. The van der Waals surface area contributed by atoms with Crippen LogP contribution in [0.1, 0.15) is 18.0 Å². The van der Waals surface area contributed by atoms with Crippen molar-refractivity contribution in [1.29, 1.82) is 0 Å². The van der Waals surface area contributed by atoms with E-state index in [1.807, 2.05) is 37.3 Å². The number of anilines is 4. The Hall–Kier alpha value is -3.27. The second-order valence-electron chi connectivity index (χ2n) is 5.99. The summed E-state index contributed by atoms with van der Waals surface area (Å²) in [6.45, 7) is 1.82. The first-order valence-corrected chi connectivity index (χ1v) is 9.65. The van der Waals surface area contributed by atoms with Gasteiger partial charge in [0.05, 0.1) is 16.7 Å². The molecule has 4 N–H and O–H groups in total. The van der Waals surface area contributed by atoms with E-state index in [1.54, 1.807) is 0 Å². The Morgan fingerprint density at radius 2 is 1.90 bits per heavy atom. The van der Waals surface area contributed by atoms with Gasteiger partial charge in [0, 0.05) is 11.8 Å². The van der Waals surface area contributed by atoms with Crippen LogP contribution in [-0.2, 0) is 4.79 Å². The highest BCUT2D eigenvalue weighted by molar-refractivity contribution is 8.00. The van der Waals surface area contributed by atoms with Crippen LogP contribution in [0.25, 0.3) is 0 Å². The molecule has 0 spiro atoms. The zero-order valence-corrected chi connectivity index (χ0v) is 16.2. The lowest BCUT2D eigenvalue weighted by Crippen LogP contribution is -2.16. The van der Waals surface area contributed by atoms with Crippen LogP contribution >= 0.6 is 11.8 Å². The standard InChI is InChI=1S/C19H18F2N6OS/c1-11(29-10-16(28)24-15-8-7-12(20)9-14(15)21)17-25-18(22)27-19(26-17)23-13-5-3-2-4-6-13/h2-9,11H,10H2,1H3,(H,24,28)(H3,22,23,25,26,27). The van der Waals surface area contributed by atoms with Crippen molar-refractivity contribution in [3.8, 4) is 0 Å². The summed E-state index contributed by atoms with van der Waals surface area (Å²) in [5.74, 6) is -1.21. The number of amides is 1. The van der Waals surface area contributed by atoms with Crippen molar-refractivity contribution in [2.24, 2.45) is 0 Å². The van der Waals surface area contributed by atoms with Crippen molar-refractivity contribution in [2.45, 2.75) is 12.2 Å². The van der Waals surface area contributed by atoms with E-state index in [2.05, 4.69) is 25.6 Å². The van der Waals surface area contributed by atoms with Crippen LogP contribution in [-0.4, -0.2) is 26.6 Å². The molecule has 29 heavy (non-hydrogen) atoms. The minimum atomic E-state index is -0.835. The molecule has 1 unspecified atom stereocenters. The molecule has 0 saturated carbocycles. The van der Waals surface area contributed by atoms with E-state index < -0.39 is 17.5 Å². The predicted octanol–water partition coefficient (Wildman–Crippen LogP) is 3.91. The zero-order chi connectivity index (χ0) is 20.8. The number of thioether (sulfide) groups is 1. The molecule has 2 aromatic carbocycles. The third-order valence-corrected chi connectivity index (χ3v) is 4.87. The van der Waals surface area contributed by atoms with Crippen molar-refractivity contribution < 1.29 is 13.6 Å². The first-order chi connectivity index (χ1) is 13.9. The second-order valence-corrected chi connectivity index (χ2v) is 7.32. The molecule has 3 aromatic rings. The minimum absolute atomic E-state index is 0.0189. The van der Waals surface area contributed by atoms with Crippen molar-refractivity contribution in [1.82, 2.24) is 15.0 Å². The van der Waals surface area contributed by atoms with Crippen LogP contribution < -0.4 is 16.4 Å². The Morgan fingerprint density at radius 3 is 2.62 bits per heavy atom. The van der Waals surface area contributed by atoms with Gasteiger partial charge in [-0.25, -0.2) is 8.78 Å². The number of nitrogens with one attached hydrogen (secondary N) is 2. The molecule has 0 saturated heterocycles. The summed E-state index contributed by atoms with van der Waals surface area (Å²) < 4.78 is 26.6. The number of hydrogen-bond acceptors (Lipinski definition) is 7. The van der Waals surface area contributed by atoms with Gasteiger partial charge in [-0.1, -0.05) is 18.2 Å². The van der Waals surface area contributed by atoms with Gasteiger partial charge in [0.2, 0.25) is 17.8 Å². The average Bonchev–Trinajstić information content (AvgIpc) is 2.68. The van der Waals surface area contributed by atoms with Crippen LogP contribution in [0.5, 0.6) is 0 Å². The SMILES string of the molecule is CC(SCC(=O)Nc1ccc(F)cc1F)c1nc(N)nc(Nc2ccccc2)n1. The number of nitrogens with zero attached hydrogens (tertiary/aromatic N) is 3. The number of rotatable bonds is 7. The summed E-state index contributed by atoms with van der Waals surface area (Å²) in [6, 6.07) is 12.3. The third-order valence-electron chi connectivity index (χ3n) is 3.73. The van der Waals surface area contributed by atoms with E-state index in [-0.39, 0.29) is 22.6 Å². The molecule has 0 bridgehead atoms. The van der Waals surface area contributed by atoms with E-state index >= 15 is 0 Å². The number of carbonyl (C=O) groups is 1. The number of benzene rings is 2. The van der Waals surface area contributed by atoms with Crippen LogP contribution in [0.15, 0.2) is 48.5 Å². The summed E-state index contributed by atoms with van der Waals surface area (Å²) in [7, 11) is 0. The molecule has 1 aromatic heterocycles. The maximum absolute atomic E-state index is 13.6. The second kappa shape index (κ2) is 9.28. The van der Waals surface area contributed by atoms with Gasteiger partial charge in [-0.3, -0.25) is 4.79 Å². The quantitative estimate of drug-likeness (QED) is 0.536. The maximum atomic E-state index is 13.6. The molecular weight excluding hydrogens is 398 g/mol. The summed E-state index contributed by atoms with van der Waals surface area (Å²) in [4.78, 5) is 24.6. The fourth-order valence-electron chi connectivity index (χ4n) is 2.35. The minimum Gasteiger partial charge on any atom is -0.368 e. The maximum Gasteiger partial charge on any atom is 0.234 e. The normalized spacial score (nSPS) is 11.7. The third kappa shape index (κ3) is 5.85. The number of halogens is 2. The van der Waals surface area contributed by atoms with Crippen molar-refractivity contribution >= 4 is 40.9 Å². The molecular formula is C19H18F2N6OS. The highest BCUT2D eigenvalue weighted by atomic mass is 32.2. The van der Waals surface area contributed by atoms with Crippen molar-refractivity contribution in [3.05, 3.63) is 66.0 Å². The van der Waals surface area contributed by atoms with Gasteiger partial charge in [-0.15, -0.1) is 11.8 Å². The summed E-state index contributed by atoms with van der Waals surface area (Å²) in [5, 5.41) is 5.18. The molecule has 0 aliphatic carbocycles. The number of hydrogen-bond donors (Lipinski definition) is 3. The van der Waals surface area contributed by atoms with Crippen LogP contribution in [0, 0.1) is 11.6 Å². The Labute approximate surface area is 170 Å². The van der Waals surface area contributed by atoms with E-state index in [0.29, 0.717) is 17.8 Å². The lowest BCUT2D eigenvalue weighted by Gasteiger charge is -2.12. The molecule has 7 nitrogen and oxygen atoms in total. The summed E-state index contributed by atoms with van der Waals surface area (Å²) in [5.41, 5.74) is 6.49. The number of aromatic nitrogens is 3. The monoisotopic (exact) mass is 416 g/mol. The Morgan fingerprint density at radius 1 is 1.14 bits per heavy atom. The van der Waals surface area contributed by atoms with Crippen LogP contribution in [0.3, 0.4) is 0 Å². The van der Waals surface area contributed by atoms with Gasteiger partial charge >= 0.3 is 0 Å². The van der Waals surface area contributed by atoms with E-state index in [9.17, 15) is 13.6 Å². The summed E-state index contributed by atoms with van der Waals surface area (Å²) in [6.07, 6.45) is 0. The van der Waals surface area contributed by atoms with Crippen LogP contribution in [0.2, 0.25) is 0 Å². The zero-order valence-electron chi connectivity index (χ0n) is 15.4.